The zero-order valence-corrected chi connectivity index (χ0v) is 13.3. The van der Waals surface area contributed by atoms with E-state index >= 15 is 0 Å². The topological polar surface area (TPSA) is 12.0 Å². The van der Waals surface area contributed by atoms with Crippen LogP contribution in [0.1, 0.15) is 38.5 Å². The monoisotopic (exact) mass is 315 g/mol. The maximum atomic E-state index is 3.64. The summed E-state index contributed by atoms with van der Waals surface area (Å²) >= 11 is 5.52. The molecule has 1 fully saturated rings. The van der Waals surface area contributed by atoms with Crippen molar-refractivity contribution in [2.45, 2.75) is 45.6 Å². The van der Waals surface area contributed by atoms with Gasteiger partial charge in [-0.25, -0.2) is 0 Å². The fourth-order valence-electron chi connectivity index (χ4n) is 2.32. The molecule has 1 aromatic rings. The zero-order chi connectivity index (χ0) is 12.5. The van der Waals surface area contributed by atoms with Crippen molar-refractivity contribution in [3.05, 3.63) is 20.8 Å². The van der Waals surface area contributed by atoms with E-state index in [4.69, 9.17) is 0 Å². The van der Waals surface area contributed by atoms with Crippen LogP contribution in [-0.2, 0) is 6.42 Å². The second kappa shape index (κ2) is 5.41. The van der Waals surface area contributed by atoms with E-state index in [1.807, 2.05) is 11.3 Å². The number of rotatable bonds is 4. The summed E-state index contributed by atoms with van der Waals surface area (Å²) in [5.41, 5.74) is 0.254. The molecule has 1 aliphatic rings. The second-order valence-electron chi connectivity index (χ2n) is 6.12. The Morgan fingerprint density at radius 2 is 2.06 bits per heavy atom. The van der Waals surface area contributed by atoms with E-state index in [1.54, 1.807) is 0 Å². The number of thiophene rings is 1. The minimum Gasteiger partial charge on any atom is -0.312 e. The summed E-state index contributed by atoms with van der Waals surface area (Å²) in [6.07, 6.45) is 4.06. The maximum absolute atomic E-state index is 3.64. The van der Waals surface area contributed by atoms with E-state index < -0.39 is 0 Å². The van der Waals surface area contributed by atoms with Crippen molar-refractivity contribution in [2.24, 2.45) is 11.8 Å². The molecule has 1 aliphatic carbocycles. The fourth-order valence-corrected chi connectivity index (χ4v) is 3.93. The van der Waals surface area contributed by atoms with Crippen molar-refractivity contribution in [3.63, 3.8) is 0 Å². The van der Waals surface area contributed by atoms with Crippen LogP contribution in [0.2, 0.25) is 0 Å². The van der Waals surface area contributed by atoms with Gasteiger partial charge in [0.05, 0.1) is 0 Å². The normalized spacial score (nSPS) is 24.7. The zero-order valence-electron chi connectivity index (χ0n) is 10.9. The van der Waals surface area contributed by atoms with Gasteiger partial charge in [0.25, 0.3) is 0 Å². The largest absolute Gasteiger partial charge is 0.312 e. The number of hydrogen-bond donors (Lipinski definition) is 1. The van der Waals surface area contributed by atoms with E-state index in [1.165, 1.54) is 35.2 Å². The fraction of sp³-hybridized carbons (Fsp3) is 0.714. The Morgan fingerprint density at radius 1 is 1.35 bits per heavy atom. The Hall–Kier alpha value is 0.140. The third kappa shape index (κ3) is 3.80. The van der Waals surface area contributed by atoms with Gasteiger partial charge >= 0.3 is 0 Å². The van der Waals surface area contributed by atoms with Crippen molar-refractivity contribution in [3.8, 4) is 0 Å². The number of hydrogen-bond acceptors (Lipinski definition) is 2. The van der Waals surface area contributed by atoms with Crippen LogP contribution < -0.4 is 5.32 Å². The molecular formula is C14H22BrNS. The summed E-state index contributed by atoms with van der Waals surface area (Å²) in [4.78, 5) is 1.52. The molecule has 0 aromatic carbocycles. The standard InChI is InChI=1S/C14H22BrNS/c1-14(2,3)16-9-11-5-4-10(11)8-13-12(15)6-7-17-13/h6-7,10-11,16H,4-5,8-9H2,1-3H3. The Morgan fingerprint density at radius 3 is 2.53 bits per heavy atom. The minimum atomic E-state index is 0.254. The predicted molar refractivity (Wildman–Crippen MR) is 79.7 cm³/mol. The van der Waals surface area contributed by atoms with Gasteiger partial charge in [-0.15, -0.1) is 11.3 Å². The smallest absolute Gasteiger partial charge is 0.0314 e. The number of nitrogens with one attached hydrogen (secondary N) is 1. The first-order valence-electron chi connectivity index (χ1n) is 6.42. The molecule has 1 nitrogen and oxygen atoms in total. The summed E-state index contributed by atoms with van der Waals surface area (Å²) < 4.78 is 1.30. The van der Waals surface area contributed by atoms with E-state index in [0.29, 0.717) is 0 Å². The lowest BCUT2D eigenvalue weighted by molar-refractivity contribution is 0.160. The van der Waals surface area contributed by atoms with Crippen LogP contribution in [0, 0.1) is 11.8 Å². The molecule has 1 N–H and O–H groups in total. The van der Waals surface area contributed by atoms with Crippen LogP contribution in [0.5, 0.6) is 0 Å². The summed E-state index contributed by atoms with van der Waals surface area (Å²) in [7, 11) is 0. The molecule has 17 heavy (non-hydrogen) atoms. The predicted octanol–water partition coefficient (Wildman–Crippen LogP) is 4.47. The molecular weight excluding hydrogens is 294 g/mol. The highest BCUT2D eigenvalue weighted by molar-refractivity contribution is 9.10. The van der Waals surface area contributed by atoms with Crippen LogP contribution in [0.15, 0.2) is 15.9 Å². The molecule has 3 heteroatoms. The first-order chi connectivity index (χ1) is 7.96. The molecule has 1 heterocycles. The lowest BCUT2D eigenvalue weighted by Crippen LogP contribution is -2.44. The van der Waals surface area contributed by atoms with E-state index in [9.17, 15) is 0 Å². The summed E-state index contributed by atoms with van der Waals surface area (Å²) in [6.45, 7) is 7.92. The highest BCUT2D eigenvalue weighted by atomic mass is 79.9. The van der Waals surface area contributed by atoms with Crippen LogP contribution in [0.25, 0.3) is 0 Å². The van der Waals surface area contributed by atoms with Gasteiger partial charge in [0.1, 0.15) is 0 Å². The first kappa shape index (κ1) is 13.6. The summed E-state index contributed by atoms with van der Waals surface area (Å²) in [5.74, 6) is 1.77. The van der Waals surface area contributed by atoms with Crippen molar-refractivity contribution in [2.75, 3.05) is 6.54 Å². The lowest BCUT2D eigenvalue weighted by atomic mass is 9.71. The molecule has 2 unspecified atom stereocenters. The van der Waals surface area contributed by atoms with Gasteiger partial charge in [-0.3, -0.25) is 0 Å². The highest BCUT2D eigenvalue weighted by Crippen LogP contribution is 2.39. The molecule has 2 rings (SSSR count). The molecule has 0 spiro atoms. The highest BCUT2D eigenvalue weighted by Gasteiger charge is 2.31. The van der Waals surface area contributed by atoms with E-state index in [0.717, 1.165) is 11.8 Å². The second-order valence-corrected chi connectivity index (χ2v) is 7.98. The van der Waals surface area contributed by atoms with Crippen LogP contribution in [-0.4, -0.2) is 12.1 Å². The van der Waals surface area contributed by atoms with Crippen molar-refractivity contribution < 1.29 is 0 Å². The van der Waals surface area contributed by atoms with Crippen LogP contribution in [0.4, 0.5) is 0 Å². The van der Waals surface area contributed by atoms with Crippen molar-refractivity contribution in [1.82, 2.24) is 5.32 Å². The SMILES string of the molecule is CC(C)(C)NCC1CCC1Cc1sccc1Br. The van der Waals surface area contributed by atoms with Gasteiger partial charge in [-0.1, -0.05) is 0 Å². The third-order valence-corrected chi connectivity index (χ3v) is 5.56. The van der Waals surface area contributed by atoms with Crippen LogP contribution in [0.3, 0.4) is 0 Å². The summed E-state index contributed by atoms with van der Waals surface area (Å²) in [6, 6.07) is 2.17. The van der Waals surface area contributed by atoms with Gasteiger partial charge in [0, 0.05) is 14.9 Å². The van der Waals surface area contributed by atoms with Gasteiger partial charge in [-0.05, 0) is 85.8 Å². The first-order valence-corrected chi connectivity index (χ1v) is 8.10. The third-order valence-electron chi connectivity index (χ3n) is 3.61. The van der Waals surface area contributed by atoms with Gasteiger partial charge in [-0.2, -0.15) is 0 Å². The Balaban J connectivity index is 1.81. The Bertz CT molecular complexity index is 367. The minimum absolute atomic E-state index is 0.254. The average Bonchev–Trinajstić information content (AvgIpc) is 2.57. The Kier molecular flexibility index (Phi) is 4.32. The molecule has 0 amide bonds. The van der Waals surface area contributed by atoms with Gasteiger partial charge in [0.15, 0.2) is 0 Å². The lowest BCUT2D eigenvalue weighted by Gasteiger charge is -2.38. The molecule has 0 radical (unpaired) electrons. The summed E-state index contributed by atoms with van der Waals surface area (Å²) in [5, 5.41) is 5.82. The molecule has 1 aromatic heterocycles. The van der Waals surface area contributed by atoms with Gasteiger partial charge < -0.3 is 5.32 Å². The Labute approximate surface area is 117 Å². The quantitative estimate of drug-likeness (QED) is 0.864. The maximum Gasteiger partial charge on any atom is 0.0314 e. The molecule has 0 saturated heterocycles. The molecule has 1 saturated carbocycles. The molecule has 0 aliphatic heterocycles. The van der Waals surface area contributed by atoms with E-state index in [2.05, 4.69) is 53.5 Å². The van der Waals surface area contributed by atoms with E-state index in [-0.39, 0.29) is 5.54 Å². The molecule has 0 bridgehead atoms. The molecule has 96 valence electrons. The number of halogens is 1. The van der Waals surface area contributed by atoms with Crippen molar-refractivity contribution in [1.29, 1.82) is 0 Å². The van der Waals surface area contributed by atoms with Crippen LogP contribution >= 0.6 is 27.3 Å². The average molecular weight is 316 g/mol. The van der Waals surface area contributed by atoms with Gasteiger partial charge in [0.2, 0.25) is 0 Å². The molecule has 2 atom stereocenters. The van der Waals surface area contributed by atoms with Crippen molar-refractivity contribution >= 4 is 27.3 Å².